The summed E-state index contributed by atoms with van der Waals surface area (Å²) in [6.07, 6.45) is 4.36. The molecule has 4 rings (SSSR count). The molecule has 2 amide bonds. The maximum Gasteiger partial charge on any atom is 0.271 e. The van der Waals surface area contributed by atoms with Gasteiger partial charge in [0.15, 0.2) is 5.11 Å². The number of aromatic nitrogens is 2. The van der Waals surface area contributed by atoms with Crippen LogP contribution < -0.4 is 10.2 Å². The molecule has 154 valence electrons. The highest BCUT2D eigenvalue weighted by Gasteiger charge is 2.34. The van der Waals surface area contributed by atoms with Gasteiger partial charge in [-0.1, -0.05) is 17.7 Å². The number of thiocarbonyl (C=S) groups is 1. The molecule has 3 aromatic rings. The van der Waals surface area contributed by atoms with Gasteiger partial charge in [0.2, 0.25) is 0 Å². The zero-order chi connectivity index (χ0) is 22.1. The van der Waals surface area contributed by atoms with Gasteiger partial charge in [0.05, 0.1) is 22.5 Å². The second-order valence-corrected chi connectivity index (χ2v) is 7.25. The highest BCUT2D eigenvalue weighted by molar-refractivity contribution is 7.80. The van der Waals surface area contributed by atoms with E-state index < -0.39 is 16.7 Å². The summed E-state index contributed by atoms with van der Waals surface area (Å²) in [4.78, 5) is 37.1. The van der Waals surface area contributed by atoms with Gasteiger partial charge in [0.1, 0.15) is 5.57 Å². The molecule has 0 atom stereocenters. The molecule has 1 saturated heterocycles. The molecule has 1 N–H and O–H groups in total. The first-order valence-corrected chi connectivity index (χ1v) is 9.58. The Morgan fingerprint density at radius 2 is 1.87 bits per heavy atom. The van der Waals surface area contributed by atoms with E-state index in [1.54, 1.807) is 36.5 Å². The quantitative estimate of drug-likeness (QED) is 0.213. The summed E-state index contributed by atoms with van der Waals surface area (Å²) in [5.74, 6) is -1.23. The van der Waals surface area contributed by atoms with E-state index in [0.717, 1.165) is 0 Å². The van der Waals surface area contributed by atoms with Gasteiger partial charge >= 0.3 is 0 Å². The number of nitrogens with zero attached hydrogens (tertiary/aromatic N) is 4. The van der Waals surface area contributed by atoms with Crippen molar-refractivity contribution in [3.8, 4) is 5.69 Å². The van der Waals surface area contributed by atoms with Gasteiger partial charge in [0, 0.05) is 28.9 Å². The van der Waals surface area contributed by atoms with Crippen LogP contribution >= 0.6 is 23.8 Å². The fourth-order valence-corrected chi connectivity index (χ4v) is 3.36. The number of carbonyl (C=O) groups is 2. The first kappa shape index (κ1) is 20.4. The summed E-state index contributed by atoms with van der Waals surface area (Å²) in [6, 6.07) is 12.4. The lowest BCUT2D eigenvalue weighted by Crippen LogP contribution is -2.54. The number of nitrogens with one attached hydrogen (secondary N) is 1. The minimum Gasteiger partial charge on any atom is -0.298 e. The number of halogens is 1. The average Bonchev–Trinajstić information content (AvgIpc) is 3.21. The maximum atomic E-state index is 13.0. The molecule has 0 bridgehead atoms. The fraction of sp³-hybridized carbons (Fsp3) is 0. The largest absolute Gasteiger partial charge is 0.298 e. The van der Waals surface area contributed by atoms with Gasteiger partial charge in [0.25, 0.3) is 17.5 Å². The molecule has 1 aliphatic heterocycles. The lowest BCUT2D eigenvalue weighted by Gasteiger charge is -2.28. The Hall–Kier alpha value is -3.89. The standard InChI is InChI=1S/C20H12ClN5O4S/c21-13-4-6-14(7-5-13)25-19(28)17(18(27)23-20(25)31)8-12-10-22-24(11-12)15-2-1-3-16(9-15)26(29)30/h1-11H,(H,23,27,31)/b17-8+. The summed E-state index contributed by atoms with van der Waals surface area (Å²) in [5.41, 5.74) is 1.15. The predicted molar refractivity (Wildman–Crippen MR) is 118 cm³/mol. The summed E-state index contributed by atoms with van der Waals surface area (Å²) in [5, 5.41) is 18.1. The topological polar surface area (TPSA) is 110 Å². The van der Waals surface area contributed by atoms with E-state index >= 15 is 0 Å². The molecule has 2 aromatic carbocycles. The number of hydrogen-bond donors (Lipinski definition) is 1. The zero-order valence-electron chi connectivity index (χ0n) is 15.6. The average molecular weight is 454 g/mol. The van der Waals surface area contributed by atoms with E-state index in [0.29, 0.717) is 22.0 Å². The molecule has 0 spiro atoms. The van der Waals surface area contributed by atoms with Gasteiger partial charge in [-0.25, -0.2) is 4.68 Å². The Labute approximate surface area is 185 Å². The Balaban J connectivity index is 1.66. The normalized spacial score (nSPS) is 15.3. The van der Waals surface area contributed by atoms with E-state index in [2.05, 4.69) is 10.4 Å². The molecule has 1 aromatic heterocycles. The van der Waals surface area contributed by atoms with Crippen molar-refractivity contribution < 1.29 is 14.5 Å². The van der Waals surface area contributed by atoms with Crippen LogP contribution in [0.5, 0.6) is 0 Å². The van der Waals surface area contributed by atoms with Gasteiger partial charge in [-0.15, -0.1) is 0 Å². The third-order valence-corrected chi connectivity index (χ3v) is 4.94. The third kappa shape index (κ3) is 4.06. The van der Waals surface area contributed by atoms with Crippen LogP contribution in [0.1, 0.15) is 5.56 Å². The number of amides is 2. The Morgan fingerprint density at radius 3 is 2.58 bits per heavy atom. The van der Waals surface area contributed by atoms with E-state index in [-0.39, 0.29) is 16.4 Å². The van der Waals surface area contributed by atoms with Crippen molar-refractivity contribution in [3.05, 3.63) is 87.2 Å². The number of carbonyl (C=O) groups excluding carboxylic acids is 2. The van der Waals surface area contributed by atoms with Crippen LogP contribution in [0.3, 0.4) is 0 Å². The number of hydrogen-bond acceptors (Lipinski definition) is 6. The molecule has 11 heteroatoms. The van der Waals surface area contributed by atoms with Crippen LogP contribution in [0.15, 0.2) is 66.5 Å². The Kier molecular flexibility index (Phi) is 5.32. The SMILES string of the molecule is O=C1NC(=S)N(c2ccc(Cl)cc2)C(=O)/C1=C/c1cnn(-c2cccc([N+](=O)[O-])c2)c1. The molecule has 9 nitrogen and oxygen atoms in total. The second kappa shape index (κ2) is 8.09. The van der Waals surface area contributed by atoms with Crippen molar-refractivity contribution in [2.24, 2.45) is 0 Å². The number of anilines is 1. The van der Waals surface area contributed by atoms with Crippen LogP contribution in [0, 0.1) is 10.1 Å². The van der Waals surface area contributed by atoms with Gasteiger partial charge < -0.3 is 0 Å². The van der Waals surface area contributed by atoms with Crippen LogP contribution in [-0.4, -0.2) is 31.6 Å². The lowest BCUT2D eigenvalue weighted by molar-refractivity contribution is -0.384. The van der Waals surface area contributed by atoms with Crippen molar-refractivity contribution in [2.45, 2.75) is 0 Å². The number of rotatable bonds is 4. The minimum atomic E-state index is -0.636. The zero-order valence-corrected chi connectivity index (χ0v) is 17.1. The first-order chi connectivity index (χ1) is 14.8. The van der Waals surface area contributed by atoms with Gasteiger partial charge in [-0.3, -0.25) is 29.9 Å². The van der Waals surface area contributed by atoms with Crippen LogP contribution in [0.4, 0.5) is 11.4 Å². The highest BCUT2D eigenvalue weighted by atomic mass is 35.5. The number of benzene rings is 2. The van der Waals surface area contributed by atoms with Crippen molar-refractivity contribution in [2.75, 3.05) is 4.90 Å². The molecular weight excluding hydrogens is 442 g/mol. The van der Waals surface area contributed by atoms with Crippen molar-refractivity contribution in [3.63, 3.8) is 0 Å². The molecule has 2 heterocycles. The highest BCUT2D eigenvalue weighted by Crippen LogP contribution is 2.24. The Bertz CT molecular complexity index is 1270. The van der Waals surface area contributed by atoms with Gasteiger partial charge in [-0.2, -0.15) is 5.10 Å². The molecule has 1 fully saturated rings. The molecule has 1 aliphatic rings. The van der Waals surface area contributed by atoms with E-state index in [1.165, 1.54) is 40.1 Å². The van der Waals surface area contributed by atoms with E-state index in [1.807, 2.05) is 0 Å². The second-order valence-electron chi connectivity index (χ2n) is 6.43. The smallest absolute Gasteiger partial charge is 0.271 e. The number of nitro benzene ring substituents is 1. The fourth-order valence-electron chi connectivity index (χ4n) is 2.95. The molecule has 0 unspecified atom stereocenters. The first-order valence-electron chi connectivity index (χ1n) is 8.80. The predicted octanol–water partition coefficient (Wildman–Crippen LogP) is 3.27. The van der Waals surface area contributed by atoms with Crippen molar-refractivity contribution in [1.29, 1.82) is 0 Å². The number of nitro groups is 1. The van der Waals surface area contributed by atoms with Crippen LogP contribution in [0.25, 0.3) is 11.8 Å². The summed E-state index contributed by atoms with van der Waals surface area (Å²) < 4.78 is 1.41. The summed E-state index contributed by atoms with van der Waals surface area (Å²) >= 11 is 11.1. The summed E-state index contributed by atoms with van der Waals surface area (Å²) in [6.45, 7) is 0. The summed E-state index contributed by atoms with van der Waals surface area (Å²) in [7, 11) is 0. The molecular formula is C20H12ClN5O4S. The Morgan fingerprint density at radius 1 is 1.13 bits per heavy atom. The van der Waals surface area contributed by atoms with Crippen LogP contribution in [-0.2, 0) is 9.59 Å². The maximum absolute atomic E-state index is 13.0. The van der Waals surface area contributed by atoms with E-state index in [9.17, 15) is 19.7 Å². The van der Waals surface area contributed by atoms with Gasteiger partial charge in [-0.05, 0) is 48.6 Å². The van der Waals surface area contributed by atoms with Crippen molar-refractivity contribution in [1.82, 2.24) is 15.1 Å². The van der Waals surface area contributed by atoms with Crippen molar-refractivity contribution >= 4 is 58.2 Å². The molecule has 0 aliphatic carbocycles. The molecule has 0 radical (unpaired) electrons. The van der Waals surface area contributed by atoms with Crippen LogP contribution in [0.2, 0.25) is 5.02 Å². The molecule has 31 heavy (non-hydrogen) atoms. The number of non-ortho nitro benzene ring substituents is 1. The third-order valence-electron chi connectivity index (χ3n) is 4.41. The van der Waals surface area contributed by atoms with E-state index in [4.69, 9.17) is 23.8 Å². The molecule has 0 saturated carbocycles. The monoisotopic (exact) mass is 453 g/mol. The lowest BCUT2D eigenvalue weighted by atomic mass is 10.1. The minimum absolute atomic E-state index is 0.0400.